The average Bonchev–Trinajstić information content (AvgIpc) is 2.71. The number of hydrogen-bond donors (Lipinski definition) is 1. The number of aliphatic hydroxyl groups excluding tert-OH is 1. The molecule has 0 atom stereocenters. The topological polar surface area (TPSA) is 35.9 Å². The molecule has 0 amide bonds. The van der Waals surface area contributed by atoms with E-state index in [0.717, 1.165) is 61.9 Å². The minimum atomic E-state index is -0.0632. The molecule has 2 aromatic rings. The maximum atomic E-state index is 9.40. The Balaban J connectivity index is 1.36. The van der Waals surface area contributed by atoms with Gasteiger partial charge in [0.05, 0.1) is 13.2 Å². The first-order valence-electron chi connectivity index (χ1n) is 9.82. The van der Waals surface area contributed by atoms with Crippen LogP contribution in [0.25, 0.3) is 0 Å². The van der Waals surface area contributed by atoms with Gasteiger partial charge in [-0.2, -0.15) is 0 Å². The van der Waals surface area contributed by atoms with Crippen molar-refractivity contribution in [2.45, 2.75) is 26.4 Å². The summed E-state index contributed by atoms with van der Waals surface area (Å²) >= 11 is 12.1. The lowest BCUT2D eigenvalue weighted by molar-refractivity contribution is 0.234. The van der Waals surface area contributed by atoms with E-state index < -0.39 is 0 Å². The SMILES string of the molecule is Cc1ccc(Cl)cc1N1CCN(CCCCOc2ccc(Cl)cc2CO)CC1. The van der Waals surface area contributed by atoms with Crippen LogP contribution < -0.4 is 9.64 Å². The molecule has 1 heterocycles. The lowest BCUT2D eigenvalue weighted by Crippen LogP contribution is -2.46. The maximum absolute atomic E-state index is 9.40. The highest BCUT2D eigenvalue weighted by atomic mass is 35.5. The van der Waals surface area contributed by atoms with Crippen molar-refractivity contribution in [1.29, 1.82) is 0 Å². The first-order valence-corrected chi connectivity index (χ1v) is 10.6. The highest BCUT2D eigenvalue weighted by Gasteiger charge is 2.18. The van der Waals surface area contributed by atoms with Crippen LogP contribution in [0, 0.1) is 6.92 Å². The van der Waals surface area contributed by atoms with E-state index in [9.17, 15) is 5.11 Å². The third-order valence-corrected chi connectivity index (χ3v) is 5.67. The summed E-state index contributed by atoms with van der Waals surface area (Å²) in [6, 6.07) is 11.5. The highest BCUT2D eigenvalue weighted by molar-refractivity contribution is 6.31. The number of piperazine rings is 1. The minimum Gasteiger partial charge on any atom is -0.493 e. The summed E-state index contributed by atoms with van der Waals surface area (Å²) in [5, 5.41) is 10.8. The molecule has 1 saturated heterocycles. The Morgan fingerprint density at radius 1 is 0.964 bits per heavy atom. The summed E-state index contributed by atoms with van der Waals surface area (Å²) in [6.07, 6.45) is 2.08. The molecule has 3 rings (SSSR count). The standard InChI is InChI=1S/C22H28Cl2N2O2/c1-17-4-5-20(24)15-21(17)26-11-9-25(10-12-26)8-2-3-13-28-22-7-6-19(23)14-18(22)16-27/h4-7,14-15,27H,2-3,8-13,16H2,1H3. The molecule has 152 valence electrons. The van der Waals surface area contributed by atoms with Crippen molar-refractivity contribution in [3.8, 4) is 5.75 Å². The second-order valence-electron chi connectivity index (χ2n) is 7.23. The molecule has 0 radical (unpaired) electrons. The largest absolute Gasteiger partial charge is 0.493 e. The number of hydrogen-bond acceptors (Lipinski definition) is 4. The number of anilines is 1. The van der Waals surface area contributed by atoms with E-state index in [4.69, 9.17) is 27.9 Å². The summed E-state index contributed by atoms with van der Waals surface area (Å²) in [7, 11) is 0. The van der Waals surface area contributed by atoms with Gasteiger partial charge in [0.25, 0.3) is 0 Å². The van der Waals surface area contributed by atoms with Gasteiger partial charge >= 0.3 is 0 Å². The van der Waals surface area contributed by atoms with E-state index in [0.29, 0.717) is 11.6 Å². The Labute approximate surface area is 177 Å². The normalized spacial score (nSPS) is 15.1. The van der Waals surface area contributed by atoms with E-state index in [-0.39, 0.29) is 6.61 Å². The number of aliphatic hydroxyl groups is 1. The zero-order chi connectivity index (χ0) is 19.9. The van der Waals surface area contributed by atoms with Crippen LogP contribution in [0.15, 0.2) is 36.4 Å². The monoisotopic (exact) mass is 422 g/mol. The van der Waals surface area contributed by atoms with Crippen molar-refractivity contribution in [3.63, 3.8) is 0 Å². The van der Waals surface area contributed by atoms with Crippen LogP contribution in [0.3, 0.4) is 0 Å². The molecule has 4 nitrogen and oxygen atoms in total. The van der Waals surface area contributed by atoms with E-state index in [1.54, 1.807) is 12.1 Å². The molecule has 0 saturated carbocycles. The Hall–Kier alpha value is -1.46. The quantitative estimate of drug-likeness (QED) is 0.621. The molecule has 1 fully saturated rings. The van der Waals surface area contributed by atoms with Crippen molar-refractivity contribution in [1.82, 2.24) is 4.90 Å². The van der Waals surface area contributed by atoms with Gasteiger partial charge in [-0.1, -0.05) is 29.3 Å². The Bertz CT molecular complexity index is 777. The van der Waals surface area contributed by atoms with Gasteiger partial charge in [-0.05, 0) is 62.2 Å². The molecule has 6 heteroatoms. The second kappa shape index (κ2) is 10.4. The first kappa shape index (κ1) is 21.3. The molecule has 1 N–H and O–H groups in total. The van der Waals surface area contributed by atoms with E-state index in [2.05, 4.69) is 28.9 Å². The lowest BCUT2D eigenvalue weighted by atomic mass is 10.1. The summed E-state index contributed by atoms with van der Waals surface area (Å²) < 4.78 is 5.81. The Morgan fingerprint density at radius 2 is 1.68 bits per heavy atom. The fraction of sp³-hybridized carbons (Fsp3) is 0.455. The van der Waals surface area contributed by atoms with Crippen molar-refractivity contribution >= 4 is 28.9 Å². The molecule has 0 unspecified atom stereocenters. The lowest BCUT2D eigenvalue weighted by Gasteiger charge is -2.37. The predicted octanol–water partition coefficient (Wildman–Crippen LogP) is 4.78. The number of rotatable bonds is 8. The first-order chi connectivity index (χ1) is 13.6. The molecular weight excluding hydrogens is 395 g/mol. The van der Waals surface area contributed by atoms with Crippen molar-refractivity contribution < 1.29 is 9.84 Å². The number of benzene rings is 2. The number of nitrogens with zero attached hydrogens (tertiary/aromatic N) is 2. The van der Waals surface area contributed by atoms with Crippen molar-refractivity contribution in [2.75, 3.05) is 44.2 Å². The summed E-state index contributed by atoms with van der Waals surface area (Å²) in [6.45, 7) is 8.00. The van der Waals surface area contributed by atoms with Crippen LogP contribution in [0.1, 0.15) is 24.0 Å². The number of aryl methyl sites for hydroxylation is 1. The molecular formula is C22H28Cl2N2O2. The van der Waals surface area contributed by atoms with Crippen LogP contribution in [0.2, 0.25) is 10.0 Å². The van der Waals surface area contributed by atoms with Crippen molar-refractivity contribution in [3.05, 3.63) is 57.6 Å². The molecule has 1 aliphatic rings. The van der Waals surface area contributed by atoms with Gasteiger partial charge in [-0.15, -0.1) is 0 Å². The van der Waals surface area contributed by atoms with Crippen LogP contribution in [-0.4, -0.2) is 49.3 Å². The molecule has 2 aromatic carbocycles. The summed E-state index contributed by atoms with van der Waals surface area (Å²) in [5.41, 5.74) is 3.27. The van der Waals surface area contributed by atoms with Crippen LogP contribution in [0.4, 0.5) is 5.69 Å². The van der Waals surface area contributed by atoms with Crippen molar-refractivity contribution in [2.24, 2.45) is 0 Å². The van der Waals surface area contributed by atoms with Gasteiger partial charge in [0.1, 0.15) is 5.75 Å². The number of halogens is 2. The van der Waals surface area contributed by atoms with E-state index >= 15 is 0 Å². The Morgan fingerprint density at radius 3 is 2.43 bits per heavy atom. The second-order valence-corrected chi connectivity index (χ2v) is 8.10. The average molecular weight is 423 g/mol. The summed E-state index contributed by atoms with van der Waals surface area (Å²) in [4.78, 5) is 4.94. The molecule has 0 bridgehead atoms. The summed E-state index contributed by atoms with van der Waals surface area (Å²) in [5.74, 6) is 0.720. The zero-order valence-corrected chi connectivity index (χ0v) is 17.8. The molecule has 0 spiro atoms. The van der Waals surface area contributed by atoms with Crippen LogP contribution in [0.5, 0.6) is 5.75 Å². The molecule has 0 aliphatic carbocycles. The van der Waals surface area contributed by atoms with Gasteiger partial charge in [-0.3, -0.25) is 4.90 Å². The third-order valence-electron chi connectivity index (χ3n) is 5.20. The number of ether oxygens (including phenoxy) is 1. The van der Waals surface area contributed by atoms with Gasteiger partial charge in [0, 0.05) is 47.5 Å². The fourth-order valence-corrected chi connectivity index (χ4v) is 3.93. The smallest absolute Gasteiger partial charge is 0.124 e. The Kier molecular flexibility index (Phi) is 7.86. The number of unbranched alkanes of at least 4 members (excludes halogenated alkanes) is 1. The molecule has 0 aromatic heterocycles. The maximum Gasteiger partial charge on any atom is 0.124 e. The van der Waals surface area contributed by atoms with E-state index in [1.165, 1.54) is 11.3 Å². The fourth-order valence-electron chi connectivity index (χ4n) is 3.57. The van der Waals surface area contributed by atoms with Gasteiger partial charge in [-0.25, -0.2) is 0 Å². The molecule has 28 heavy (non-hydrogen) atoms. The van der Waals surface area contributed by atoms with Gasteiger partial charge < -0.3 is 14.7 Å². The minimum absolute atomic E-state index is 0.0632. The van der Waals surface area contributed by atoms with Crippen LogP contribution >= 0.6 is 23.2 Å². The zero-order valence-electron chi connectivity index (χ0n) is 16.3. The third kappa shape index (κ3) is 5.77. The highest BCUT2D eigenvalue weighted by Crippen LogP contribution is 2.25. The molecule has 1 aliphatic heterocycles. The predicted molar refractivity (Wildman–Crippen MR) is 117 cm³/mol. The van der Waals surface area contributed by atoms with Gasteiger partial charge in [0.2, 0.25) is 0 Å². The van der Waals surface area contributed by atoms with Gasteiger partial charge in [0.15, 0.2) is 0 Å². The van der Waals surface area contributed by atoms with E-state index in [1.807, 2.05) is 12.1 Å². The van der Waals surface area contributed by atoms with Crippen LogP contribution in [-0.2, 0) is 6.61 Å².